The summed E-state index contributed by atoms with van der Waals surface area (Å²) in [6.07, 6.45) is 3.03. The van der Waals surface area contributed by atoms with Gasteiger partial charge in [-0.25, -0.2) is 0 Å². The molecule has 0 amide bonds. The zero-order valence-electron chi connectivity index (χ0n) is 6.18. The molecule has 0 bridgehead atoms. The molecule has 0 aliphatic carbocycles. The van der Waals surface area contributed by atoms with Crippen molar-refractivity contribution in [3.05, 3.63) is 12.7 Å². The molecule has 2 radical (unpaired) electrons. The van der Waals surface area contributed by atoms with E-state index >= 15 is 0 Å². The second-order valence-corrected chi connectivity index (χ2v) is 3.43. The molecular formula is C7H14OSi. The molecule has 0 spiro atoms. The summed E-state index contributed by atoms with van der Waals surface area (Å²) < 4.78 is 5.29. The SMILES string of the molecule is C=CC(C)[Si]OCCC. The average molecular weight is 142 g/mol. The average Bonchev–Trinajstić information content (AvgIpc) is 1.89. The smallest absolute Gasteiger partial charge is 0.236 e. The van der Waals surface area contributed by atoms with E-state index in [0.717, 1.165) is 13.0 Å². The van der Waals surface area contributed by atoms with E-state index in [2.05, 4.69) is 20.4 Å². The van der Waals surface area contributed by atoms with Gasteiger partial charge in [0, 0.05) is 6.61 Å². The van der Waals surface area contributed by atoms with Crippen molar-refractivity contribution >= 4 is 9.76 Å². The first-order valence-electron chi connectivity index (χ1n) is 3.31. The third-order valence-electron chi connectivity index (χ3n) is 0.929. The molecule has 1 nitrogen and oxygen atoms in total. The fraction of sp³-hybridized carbons (Fsp3) is 0.714. The van der Waals surface area contributed by atoms with Crippen LogP contribution in [0.5, 0.6) is 0 Å². The highest BCUT2D eigenvalue weighted by Crippen LogP contribution is 2.00. The van der Waals surface area contributed by atoms with Gasteiger partial charge in [0.25, 0.3) is 0 Å². The first-order chi connectivity index (χ1) is 4.31. The molecule has 2 heteroatoms. The van der Waals surface area contributed by atoms with E-state index in [-0.39, 0.29) is 0 Å². The zero-order chi connectivity index (χ0) is 7.11. The van der Waals surface area contributed by atoms with Gasteiger partial charge in [-0.3, -0.25) is 0 Å². The second kappa shape index (κ2) is 6.04. The monoisotopic (exact) mass is 142 g/mol. The van der Waals surface area contributed by atoms with Crippen LogP contribution >= 0.6 is 0 Å². The van der Waals surface area contributed by atoms with Crippen molar-refractivity contribution in [2.24, 2.45) is 0 Å². The fourth-order valence-electron chi connectivity index (χ4n) is 0.341. The minimum Gasteiger partial charge on any atom is -0.417 e. The van der Waals surface area contributed by atoms with Crippen LogP contribution in [0.2, 0.25) is 5.54 Å². The van der Waals surface area contributed by atoms with Gasteiger partial charge in [-0.1, -0.05) is 19.9 Å². The maximum atomic E-state index is 5.29. The number of allylic oxidation sites excluding steroid dienone is 1. The van der Waals surface area contributed by atoms with Gasteiger partial charge < -0.3 is 4.43 Å². The van der Waals surface area contributed by atoms with Crippen molar-refractivity contribution in [3.8, 4) is 0 Å². The van der Waals surface area contributed by atoms with Gasteiger partial charge in [-0.2, -0.15) is 0 Å². The van der Waals surface area contributed by atoms with Crippen LogP contribution in [0.3, 0.4) is 0 Å². The normalized spacial score (nSPS) is 13.1. The highest BCUT2D eigenvalue weighted by Gasteiger charge is 1.96. The molecule has 0 fully saturated rings. The summed E-state index contributed by atoms with van der Waals surface area (Å²) in [7, 11) is 0.595. The van der Waals surface area contributed by atoms with E-state index in [4.69, 9.17) is 4.43 Å². The molecule has 1 unspecified atom stereocenters. The standard InChI is InChI=1S/C7H14OSi/c1-4-6-8-9-7(3)5-2/h5,7H,2,4,6H2,1,3H3. The van der Waals surface area contributed by atoms with Crippen molar-refractivity contribution < 1.29 is 4.43 Å². The van der Waals surface area contributed by atoms with Crippen LogP contribution in [0.1, 0.15) is 20.3 Å². The van der Waals surface area contributed by atoms with E-state index in [9.17, 15) is 0 Å². The van der Waals surface area contributed by atoms with E-state index in [1.54, 1.807) is 0 Å². The van der Waals surface area contributed by atoms with Crippen molar-refractivity contribution in [1.82, 2.24) is 0 Å². The van der Waals surface area contributed by atoms with Gasteiger partial charge in [0.1, 0.15) is 0 Å². The van der Waals surface area contributed by atoms with Gasteiger partial charge in [0.2, 0.25) is 9.76 Å². The van der Waals surface area contributed by atoms with E-state index in [1.807, 2.05) is 6.08 Å². The molecule has 0 aliphatic heterocycles. The largest absolute Gasteiger partial charge is 0.417 e. The molecule has 0 aromatic rings. The molecule has 0 rings (SSSR count). The molecule has 0 aromatic carbocycles. The topological polar surface area (TPSA) is 9.23 Å². The minimum absolute atomic E-state index is 0.525. The van der Waals surface area contributed by atoms with Crippen LogP contribution in [0, 0.1) is 0 Å². The lowest BCUT2D eigenvalue weighted by atomic mass is 10.5. The first-order valence-corrected chi connectivity index (χ1v) is 4.29. The second-order valence-electron chi connectivity index (χ2n) is 1.99. The van der Waals surface area contributed by atoms with Crippen LogP contribution in [0.15, 0.2) is 12.7 Å². The lowest BCUT2D eigenvalue weighted by Gasteiger charge is -2.02. The molecule has 1 atom stereocenters. The van der Waals surface area contributed by atoms with Gasteiger partial charge in [-0.15, -0.1) is 6.58 Å². The Morgan fingerprint density at radius 1 is 1.78 bits per heavy atom. The highest BCUT2D eigenvalue weighted by molar-refractivity contribution is 6.30. The molecule has 9 heavy (non-hydrogen) atoms. The summed E-state index contributed by atoms with van der Waals surface area (Å²) in [4.78, 5) is 0. The van der Waals surface area contributed by atoms with E-state index < -0.39 is 0 Å². The fourth-order valence-corrected chi connectivity index (χ4v) is 1.02. The lowest BCUT2D eigenvalue weighted by Crippen LogP contribution is -2.03. The Kier molecular flexibility index (Phi) is 5.99. The third kappa shape index (κ3) is 5.79. The summed E-state index contributed by atoms with van der Waals surface area (Å²) in [5.74, 6) is 0. The van der Waals surface area contributed by atoms with Gasteiger partial charge in [0.05, 0.1) is 0 Å². The van der Waals surface area contributed by atoms with Gasteiger partial charge >= 0.3 is 0 Å². The summed E-state index contributed by atoms with van der Waals surface area (Å²) in [6.45, 7) is 8.78. The highest BCUT2D eigenvalue weighted by atomic mass is 28.2. The number of hydrogen-bond donors (Lipinski definition) is 0. The molecular weight excluding hydrogens is 128 g/mol. The third-order valence-corrected chi connectivity index (χ3v) is 1.91. The molecule has 52 valence electrons. The predicted molar refractivity (Wildman–Crippen MR) is 41.6 cm³/mol. The zero-order valence-corrected chi connectivity index (χ0v) is 7.18. The van der Waals surface area contributed by atoms with Crippen LogP contribution in [0.4, 0.5) is 0 Å². The van der Waals surface area contributed by atoms with Crippen molar-refractivity contribution in [3.63, 3.8) is 0 Å². The Morgan fingerprint density at radius 3 is 2.89 bits per heavy atom. The van der Waals surface area contributed by atoms with Crippen LogP contribution in [-0.4, -0.2) is 16.4 Å². The van der Waals surface area contributed by atoms with E-state index in [1.165, 1.54) is 0 Å². The lowest BCUT2D eigenvalue weighted by molar-refractivity contribution is 0.332. The number of hydrogen-bond acceptors (Lipinski definition) is 1. The molecule has 0 N–H and O–H groups in total. The van der Waals surface area contributed by atoms with Crippen molar-refractivity contribution in [2.45, 2.75) is 25.8 Å². The van der Waals surface area contributed by atoms with Crippen LogP contribution in [0.25, 0.3) is 0 Å². The Morgan fingerprint density at radius 2 is 2.44 bits per heavy atom. The molecule has 0 heterocycles. The Bertz CT molecular complexity index is 73.3. The van der Waals surface area contributed by atoms with Gasteiger partial charge in [0.15, 0.2) is 0 Å². The van der Waals surface area contributed by atoms with Crippen LogP contribution in [-0.2, 0) is 4.43 Å². The number of rotatable bonds is 5. The maximum Gasteiger partial charge on any atom is 0.236 e. The summed E-state index contributed by atoms with van der Waals surface area (Å²) in [5.41, 5.74) is 0.525. The quantitative estimate of drug-likeness (QED) is 0.324. The van der Waals surface area contributed by atoms with Crippen molar-refractivity contribution in [2.75, 3.05) is 6.61 Å². The van der Waals surface area contributed by atoms with Crippen molar-refractivity contribution in [1.29, 1.82) is 0 Å². The Balaban J connectivity index is 2.96. The molecule has 0 aliphatic rings. The van der Waals surface area contributed by atoms with Crippen LogP contribution < -0.4 is 0 Å². The summed E-state index contributed by atoms with van der Waals surface area (Å²) >= 11 is 0. The molecule has 0 saturated carbocycles. The first kappa shape index (κ1) is 8.92. The summed E-state index contributed by atoms with van der Waals surface area (Å²) in [5, 5.41) is 0. The molecule has 0 saturated heterocycles. The maximum absolute atomic E-state index is 5.29. The molecule has 0 aromatic heterocycles. The summed E-state index contributed by atoms with van der Waals surface area (Å²) in [6, 6.07) is 0. The minimum atomic E-state index is 0.525. The Labute approximate surface area is 60.1 Å². The Hall–Kier alpha value is -0.0831. The van der Waals surface area contributed by atoms with Gasteiger partial charge in [-0.05, 0) is 12.0 Å². The predicted octanol–water partition coefficient (Wildman–Crippen LogP) is 2.03. The van der Waals surface area contributed by atoms with E-state index in [0.29, 0.717) is 15.3 Å².